The van der Waals surface area contributed by atoms with E-state index in [2.05, 4.69) is 31.1 Å². The lowest BCUT2D eigenvalue weighted by molar-refractivity contribution is -0.137. The van der Waals surface area contributed by atoms with Crippen molar-refractivity contribution < 1.29 is 9.53 Å². The minimum absolute atomic E-state index is 0.144. The number of piperidine rings is 2. The molecule has 0 spiro atoms. The van der Waals surface area contributed by atoms with Gasteiger partial charge in [-0.15, -0.1) is 0 Å². The molecule has 184 valence electrons. The number of carbonyl (C=O) groups excluding carboxylic acids is 1. The van der Waals surface area contributed by atoms with E-state index < -0.39 is 0 Å². The van der Waals surface area contributed by atoms with Gasteiger partial charge in [0, 0.05) is 43.5 Å². The van der Waals surface area contributed by atoms with Gasteiger partial charge in [0.05, 0.1) is 43.1 Å². The van der Waals surface area contributed by atoms with Crippen LogP contribution in [0, 0.1) is 18.3 Å². The van der Waals surface area contributed by atoms with Crippen LogP contribution < -0.4 is 15.4 Å². The molecule has 0 aromatic carbocycles. The summed E-state index contributed by atoms with van der Waals surface area (Å²) in [4.78, 5) is 35.9. The third-order valence-electron chi connectivity index (χ3n) is 7.56. The highest BCUT2D eigenvalue weighted by atomic mass is 16.5. The SMILES string of the molecule is Cc1c(N2CCC[C@H]2COCCC(=O)N2CC3CCC2CN3c2ccc(C#N)cn2)cn[nH]c1=O. The van der Waals surface area contributed by atoms with Crippen molar-refractivity contribution in [2.45, 2.75) is 57.2 Å². The van der Waals surface area contributed by atoms with E-state index in [1.807, 2.05) is 17.9 Å². The Bertz CT molecular complexity index is 1160. The summed E-state index contributed by atoms with van der Waals surface area (Å²) in [5.74, 6) is 1.02. The first-order chi connectivity index (χ1) is 17.0. The van der Waals surface area contributed by atoms with Gasteiger partial charge in [-0.05, 0) is 44.7 Å². The molecule has 10 nitrogen and oxygen atoms in total. The number of rotatable bonds is 7. The summed E-state index contributed by atoms with van der Waals surface area (Å²) in [6.07, 6.45) is 7.77. The zero-order chi connectivity index (χ0) is 24.4. The third-order valence-corrected chi connectivity index (χ3v) is 7.56. The zero-order valence-corrected chi connectivity index (χ0v) is 20.0. The number of nitrogens with zero attached hydrogens (tertiary/aromatic N) is 6. The number of aromatic amines is 1. The molecule has 4 saturated heterocycles. The van der Waals surface area contributed by atoms with Crippen LogP contribution in [0.5, 0.6) is 0 Å². The van der Waals surface area contributed by atoms with Crippen LogP contribution >= 0.6 is 0 Å². The van der Waals surface area contributed by atoms with E-state index in [0.29, 0.717) is 37.3 Å². The molecule has 1 N–H and O–H groups in total. The van der Waals surface area contributed by atoms with Gasteiger partial charge in [0.25, 0.3) is 5.56 Å². The summed E-state index contributed by atoms with van der Waals surface area (Å²) in [6.45, 7) is 5.09. The van der Waals surface area contributed by atoms with Crippen molar-refractivity contribution >= 4 is 17.4 Å². The van der Waals surface area contributed by atoms with Crippen molar-refractivity contribution in [3.05, 3.63) is 46.0 Å². The van der Waals surface area contributed by atoms with Crippen LogP contribution in [0.3, 0.4) is 0 Å². The average molecular weight is 478 g/mol. The van der Waals surface area contributed by atoms with Gasteiger partial charge in [0.2, 0.25) is 5.91 Å². The second-order valence-electron chi connectivity index (χ2n) is 9.62. The highest BCUT2D eigenvalue weighted by Crippen LogP contribution is 2.32. The van der Waals surface area contributed by atoms with Crippen LogP contribution in [-0.2, 0) is 9.53 Å². The number of nitrogens with one attached hydrogen (secondary N) is 1. The smallest absolute Gasteiger partial charge is 0.269 e. The molecule has 2 aromatic heterocycles. The summed E-state index contributed by atoms with van der Waals surface area (Å²) in [5, 5.41) is 15.4. The Balaban J connectivity index is 1.11. The van der Waals surface area contributed by atoms with Gasteiger partial charge in [-0.1, -0.05) is 0 Å². The normalized spacial score (nSPS) is 23.5. The van der Waals surface area contributed by atoms with Crippen molar-refractivity contribution in [3.63, 3.8) is 0 Å². The molecule has 0 aliphatic carbocycles. The Hall–Kier alpha value is -3.45. The van der Waals surface area contributed by atoms with Crippen molar-refractivity contribution in [2.24, 2.45) is 0 Å². The molecule has 10 heteroatoms. The molecule has 35 heavy (non-hydrogen) atoms. The minimum atomic E-state index is -0.163. The fourth-order valence-corrected chi connectivity index (χ4v) is 5.62. The molecule has 2 bridgehead atoms. The molecular weight excluding hydrogens is 446 g/mol. The Labute approximate surface area is 204 Å². The first kappa shape index (κ1) is 23.3. The highest BCUT2D eigenvalue weighted by molar-refractivity contribution is 5.77. The van der Waals surface area contributed by atoms with Crippen molar-refractivity contribution in [1.82, 2.24) is 20.1 Å². The standard InChI is InChI=1S/C25H31N7O3/c1-17-22(13-28-29-25(17)34)30-9-2-3-21(30)16-35-10-8-24(33)32-15-19-5-6-20(32)14-31(19)23-7-4-18(11-26)12-27-23/h4,7,12-13,19-21H,2-3,5-6,8-10,14-16H2,1H3,(H,29,34)/t19?,20?,21-/m0/s1. The number of aromatic nitrogens is 3. The van der Waals surface area contributed by atoms with E-state index >= 15 is 0 Å². The van der Waals surface area contributed by atoms with Gasteiger partial charge in [0.1, 0.15) is 11.9 Å². The van der Waals surface area contributed by atoms with E-state index in [-0.39, 0.29) is 29.6 Å². The van der Waals surface area contributed by atoms with Crippen LogP contribution in [-0.4, -0.2) is 77.0 Å². The maximum atomic E-state index is 13.0. The molecule has 0 radical (unpaired) electrons. The Kier molecular flexibility index (Phi) is 6.68. The van der Waals surface area contributed by atoms with Gasteiger partial charge in [0.15, 0.2) is 0 Å². The van der Waals surface area contributed by atoms with Crippen molar-refractivity contribution in [1.29, 1.82) is 5.26 Å². The summed E-state index contributed by atoms with van der Waals surface area (Å²) in [5.41, 5.74) is 1.93. The molecule has 2 unspecified atom stereocenters. The Morgan fingerprint density at radius 3 is 2.80 bits per heavy atom. The number of hydrogen-bond donors (Lipinski definition) is 1. The number of carbonyl (C=O) groups is 1. The third kappa shape index (κ3) is 4.73. The largest absolute Gasteiger partial charge is 0.379 e. The quantitative estimate of drug-likeness (QED) is 0.598. The number of pyridine rings is 1. The molecule has 3 atom stereocenters. The predicted octanol–water partition coefficient (Wildman–Crippen LogP) is 1.60. The second kappa shape index (κ2) is 10.0. The molecule has 6 heterocycles. The number of amides is 1. The second-order valence-corrected chi connectivity index (χ2v) is 9.62. The molecule has 4 fully saturated rings. The fraction of sp³-hybridized carbons (Fsp3) is 0.560. The first-order valence-electron chi connectivity index (χ1n) is 12.4. The van der Waals surface area contributed by atoms with E-state index in [1.165, 1.54) is 0 Å². The lowest BCUT2D eigenvalue weighted by Gasteiger charge is -2.52. The molecule has 1 amide bonds. The number of fused-ring (bicyclic) bond motifs is 3. The molecule has 0 saturated carbocycles. The maximum Gasteiger partial charge on any atom is 0.269 e. The van der Waals surface area contributed by atoms with Crippen LogP contribution in [0.4, 0.5) is 11.5 Å². The first-order valence-corrected chi connectivity index (χ1v) is 12.4. The van der Waals surface area contributed by atoms with E-state index in [0.717, 1.165) is 50.3 Å². The van der Waals surface area contributed by atoms with Crippen molar-refractivity contribution in [3.8, 4) is 6.07 Å². The van der Waals surface area contributed by atoms with E-state index in [1.54, 1.807) is 18.5 Å². The van der Waals surface area contributed by atoms with Gasteiger partial charge in [-0.3, -0.25) is 9.59 Å². The van der Waals surface area contributed by atoms with Crippen LogP contribution in [0.15, 0.2) is 29.3 Å². The average Bonchev–Trinajstić information content (AvgIpc) is 3.36. The molecule has 2 aromatic rings. The molecular formula is C25H31N7O3. The number of piperazine rings is 1. The summed E-state index contributed by atoms with van der Waals surface area (Å²) in [6, 6.07) is 6.42. The van der Waals surface area contributed by atoms with E-state index in [4.69, 9.17) is 10.00 Å². The summed E-state index contributed by atoms with van der Waals surface area (Å²) < 4.78 is 5.95. The highest BCUT2D eigenvalue weighted by Gasteiger charge is 2.41. The monoisotopic (exact) mass is 477 g/mol. The van der Waals surface area contributed by atoms with Gasteiger partial charge >= 0.3 is 0 Å². The summed E-state index contributed by atoms with van der Waals surface area (Å²) in [7, 11) is 0. The van der Waals surface area contributed by atoms with Crippen LogP contribution in [0.25, 0.3) is 0 Å². The van der Waals surface area contributed by atoms with Gasteiger partial charge < -0.3 is 19.4 Å². The van der Waals surface area contributed by atoms with Crippen molar-refractivity contribution in [2.75, 3.05) is 42.6 Å². The lowest BCUT2D eigenvalue weighted by atomic mass is 9.90. The molecule has 6 rings (SSSR count). The predicted molar refractivity (Wildman–Crippen MR) is 130 cm³/mol. The zero-order valence-electron chi connectivity index (χ0n) is 20.0. The number of H-pyrrole nitrogens is 1. The van der Waals surface area contributed by atoms with Gasteiger partial charge in [-0.2, -0.15) is 10.4 Å². The number of ether oxygens (including phenoxy) is 1. The number of nitriles is 1. The fourth-order valence-electron chi connectivity index (χ4n) is 5.62. The van der Waals surface area contributed by atoms with Crippen LogP contribution in [0.2, 0.25) is 0 Å². The van der Waals surface area contributed by atoms with E-state index in [9.17, 15) is 9.59 Å². The lowest BCUT2D eigenvalue weighted by Crippen LogP contribution is -2.64. The molecule has 4 aliphatic heterocycles. The van der Waals surface area contributed by atoms with Gasteiger partial charge in [-0.25, -0.2) is 10.1 Å². The maximum absolute atomic E-state index is 13.0. The Morgan fingerprint density at radius 1 is 1.20 bits per heavy atom. The molecule has 4 aliphatic rings. The minimum Gasteiger partial charge on any atom is -0.379 e. The Morgan fingerprint density at radius 2 is 2.06 bits per heavy atom. The topological polar surface area (TPSA) is 118 Å². The van der Waals surface area contributed by atoms with Crippen LogP contribution in [0.1, 0.15) is 43.2 Å². The number of anilines is 2. The number of hydrogen-bond acceptors (Lipinski definition) is 8. The summed E-state index contributed by atoms with van der Waals surface area (Å²) >= 11 is 0.